The number of benzene rings is 1. The lowest BCUT2D eigenvalue weighted by Crippen LogP contribution is -2.17. The molecule has 2 atom stereocenters. The van der Waals surface area contributed by atoms with Crippen molar-refractivity contribution < 1.29 is 0 Å². The van der Waals surface area contributed by atoms with Crippen LogP contribution >= 0.6 is 23.2 Å². The monoisotopic (exact) mass is 229 g/mol. The topological polar surface area (TPSA) is 12.0 Å². The van der Waals surface area contributed by atoms with E-state index in [9.17, 15) is 0 Å². The maximum absolute atomic E-state index is 6.05. The molecule has 1 N–H and O–H groups in total. The van der Waals surface area contributed by atoms with Gasteiger partial charge in [-0.05, 0) is 30.0 Å². The van der Waals surface area contributed by atoms with Gasteiger partial charge in [-0.15, -0.1) is 0 Å². The highest BCUT2D eigenvalue weighted by Crippen LogP contribution is 2.30. The standard InChI is InChI=1S/C11H13Cl2N/c1-7-4-11(7)14-6-8-2-3-9(12)5-10(8)13/h2-3,5,7,11,14H,4,6H2,1H3. The Morgan fingerprint density at radius 2 is 2.14 bits per heavy atom. The average Bonchev–Trinajstić information content (AvgIpc) is 2.80. The third-order valence-electron chi connectivity index (χ3n) is 2.68. The van der Waals surface area contributed by atoms with Gasteiger partial charge in [-0.2, -0.15) is 0 Å². The summed E-state index contributed by atoms with van der Waals surface area (Å²) in [6.45, 7) is 3.09. The van der Waals surface area contributed by atoms with Crippen LogP contribution in [0.15, 0.2) is 18.2 Å². The third-order valence-corrected chi connectivity index (χ3v) is 3.27. The maximum Gasteiger partial charge on any atom is 0.0465 e. The van der Waals surface area contributed by atoms with Gasteiger partial charge in [-0.1, -0.05) is 36.2 Å². The molecule has 0 aromatic heterocycles. The van der Waals surface area contributed by atoms with Crippen molar-refractivity contribution in [3.63, 3.8) is 0 Å². The summed E-state index contributed by atoms with van der Waals surface area (Å²) in [6.07, 6.45) is 1.28. The van der Waals surface area contributed by atoms with Crippen molar-refractivity contribution in [2.45, 2.75) is 25.9 Å². The van der Waals surface area contributed by atoms with E-state index < -0.39 is 0 Å². The summed E-state index contributed by atoms with van der Waals surface area (Å²) in [5, 5.41) is 4.90. The second-order valence-corrected chi connectivity index (χ2v) is 4.78. The third kappa shape index (κ3) is 2.41. The molecule has 0 amide bonds. The number of nitrogens with one attached hydrogen (secondary N) is 1. The first-order valence-corrected chi connectivity index (χ1v) is 5.59. The highest BCUT2D eigenvalue weighted by atomic mass is 35.5. The predicted octanol–water partition coefficient (Wildman–Crippen LogP) is 3.49. The van der Waals surface area contributed by atoms with E-state index in [1.165, 1.54) is 6.42 Å². The summed E-state index contributed by atoms with van der Waals surface area (Å²) in [7, 11) is 0. The molecule has 0 aliphatic heterocycles. The van der Waals surface area contributed by atoms with E-state index in [0.717, 1.165) is 23.0 Å². The molecule has 0 spiro atoms. The van der Waals surface area contributed by atoms with Crippen LogP contribution in [0.4, 0.5) is 0 Å². The highest BCUT2D eigenvalue weighted by Gasteiger charge is 2.31. The van der Waals surface area contributed by atoms with Gasteiger partial charge in [-0.25, -0.2) is 0 Å². The van der Waals surface area contributed by atoms with Crippen molar-refractivity contribution in [1.82, 2.24) is 5.32 Å². The van der Waals surface area contributed by atoms with Crippen LogP contribution in [0.25, 0.3) is 0 Å². The fourth-order valence-corrected chi connectivity index (χ4v) is 1.99. The van der Waals surface area contributed by atoms with E-state index in [2.05, 4.69) is 12.2 Å². The zero-order chi connectivity index (χ0) is 10.1. The van der Waals surface area contributed by atoms with Crippen molar-refractivity contribution in [3.8, 4) is 0 Å². The van der Waals surface area contributed by atoms with Crippen LogP contribution in [-0.4, -0.2) is 6.04 Å². The van der Waals surface area contributed by atoms with Crippen LogP contribution in [0.3, 0.4) is 0 Å². The minimum Gasteiger partial charge on any atom is -0.310 e. The largest absolute Gasteiger partial charge is 0.310 e. The van der Waals surface area contributed by atoms with Crippen LogP contribution < -0.4 is 5.32 Å². The van der Waals surface area contributed by atoms with Crippen molar-refractivity contribution >= 4 is 23.2 Å². The Morgan fingerprint density at radius 3 is 2.71 bits per heavy atom. The summed E-state index contributed by atoms with van der Waals surface area (Å²) in [6, 6.07) is 6.32. The van der Waals surface area contributed by atoms with Crippen LogP contribution in [0.1, 0.15) is 18.9 Å². The SMILES string of the molecule is CC1CC1NCc1ccc(Cl)cc1Cl. The molecular formula is C11H13Cl2N. The molecule has 0 bridgehead atoms. The highest BCUT2D eigenvalue weighted by molar-refractivity contribution is 6.35. The molecule has 76 valence electrons. The van der Waals surface area contributed by atoms with Gasteiger partial charge in [0.25, 0.3) is 0 Å². The molecule has 14 heavy (non-hydrogen) atoms. The first-order valence-electron chi connectivity index (χ1n) is 4.84. The minimum absolute atomic E-state index is 0.682. The van der Waals surface area contributed by atoms with E-state index in [1.807, 2.05) is 12.1 Å². The molecule has 1 saturated carbocycles. The minimum atomic E-state index is 0.682. The van der Waals surface area contributed by atoms with Crippen molar-refractivity contribution in [2.24, 2.45) is 5.92 Å². The molecule has 0 saturated heterocycles. The summed E-state index contributed by atoms with van der Waals surface area (Å²) in [5.41, 5.74) is 1.12. The molecule has 2 unspecified atom stereocenters. The zero-order valence-electron chi connectivity index (χ0n) is 8.06. The molecule has 1 nitrogen and oxygen atoms in total. The molecule has 1 aliphatic rings. The fourth-order valence-electron chi connectivity index (χ4n) is 1.51. The smallest absolute Gasteiger partial charge is 0.0465 e. The molecule has 1 aliphatic carbocycles. The summed E-state index contributed by atoms with van der Waals surface area (Å²) >= 11 is 11.9. The number of rotatable bonds is 3. The van der Waals surface area contributed by atoms with Gasteiger partial charge in [0.05, 0.1) is 0 Å². The van der Waals surface area contributed by atoms with Crippen LogP contribution in [-0.2, 0) is 6.54 Å². The molecule has 3 heteroatoms. The molecular weight excluding hydrogens is 217 g/mol. The Balaban J connectivity index is 1.95. The first kappa shape index (κ1) is 10.3. The number of hydrogen-bond acceptors (Lipinski definition) is 1. The van der Waals surface area contributed by atoms with E-state index in [0.29, 0.717) is 11.1 Å². The molecule has 1 aromatic rings. The predicted molar refractivity (Wildman–Crippen MR) is 60.9 cm³/mol. The first-order chi connectivity index (χ1) is 6.66. The summed E-state index contributed by atoms with van der Waals surface area (Å²) in [5.74, 6) is 0.820. The fraction of sp³-hybridized carbons (Fsp3) is 0.455. The lowest BCUT2D eigenvalue weighted by molar-refractivity contribution is 0.653. The van der Waals surface area contributed by atoms with Gasteiger partial charge in [-0.3, -0.25) is 0 Å². The van der Waals surface area contributed by atoms with Gasteiger partial charge in [0, 0.05) is 22.6 Å². The number of halogens is 2. The van der Waals surface area contributed by atoms with Crippen molar-refractivity contribution in [1.29, 1.82) is 0 Å². The molecule has 0 heterocycles. The van der Waals surface area contributed by atoms with Gasteiger partial charge in [0.15, 0.2) is 0 Å². The van der Waals surface area contributed by atoms with Crippen LogP contribution in [0.2, 0.25) is 10.0 Å². The van der Waals surface area contributed by atoms with E-state index >= 15 is 0 Å². The van der Waals surface area contributed by atoms with Gasteiger partial charge < -0.3 is 5.32 Å². The second kappa shape index (κ2) is 4.09. The Morgan fingerprint density at radius 1 is 1.43 bits per heavy atom. The number of hydrogen-bond donors (Lipinski definition) is 1. The van der Waals surface area contributed by atoms with Gasteiger partial charge in [0.2, 0.25) is 0 Å². The Kier molecular flexibility index (Phi) is 3.01. The molecule has 0 radical (unpaired) electrons. The van der Waals surface area contributed by atoms with E-state index in [1.54, 1.807) is 6.07 Å². The normalized spacial score (nSPS) is 25.1. The second-order valence-electron chi connectivity index (χ2n) is 3.94. The quantitative estimate of drug-likeness (QED) is 0.837. The molecule has 2 rings (SSSR count). The molecule has 1 aromatic carbocycles. The summed E-state index contributed by atoms with van der Waals surface area (Å²) in [4.78, 5) is 0. The van der Waals surface area contributed by atoms with E-state index in [-0.39, 0.29) is 0 Å². The lowest BCUT2D eigenvalue weighted by Gasteiger charge is -2.05. The van der Waals surface area contributed by atoms with Gasteiger partial charge >= 0.3 is 0 Å². The lowest BCUT2D eigenvalue weighted by atomic mass is 10.2. The Bertz CT molecular complexity index is 338. The van der Waals surface area contributed by atoms with Crippen molar-refractivity contribution in [2.75, 3.05) is 0 Å². The zero-order valence-corrected chi connectivity index (χ0v) is 9.57. The van der Waals surface area contributed by atoms with Gasteiger partial charge in [0.1, 0.15) is 0 Å². The van der Waals surface area contributed by atoms with Crippen LogP contribution in [0.5, 0.6) is 0 Å². The Hall–Kier alpha value is -0.240. The Labute approximate surface area is 94.4 Å². The summed E-state index contributed by atoms with van der Waals surface area (Å²) < 4.78 is 0. The molecule has 1 fully saturated rings. The van der Waals surface area contributed by atoms with E-state index in [4.69, 9.17) is 23.2 Å². The van der Waals surface area contributed by atoms with Crippen molar-refractivity contribution in [3.05, 3.63) is 33.8 Å². The maximum atomic E-state index is 6.05. The average molecular weight is 230 g/mol. The van der Waals surface area contributed by atoms with Crippen LogP contribution in [0, 0.1) is 5.92 Å².